The number of fused-ring (bicyclic) bond motifs is 2. The van der Waals surface area contributed by atoms with Gasteiger partial charge in [-0.2, -0.15) is 0 Å². The van der Waals surface area contributed by atoms with Crippen molar-refractivity contribution >= 4 is 11.8 Å². The van der Waals surface area contributed by atoms with Gasteiger partial charge in [-0.15, -0.1) is 4.65 Å². The van der Waals surface area contributed by atoms with Crippen LogP contribution in [0.1, 0.15) is 5.56 Å². The summed E-state index contributed by atoms with van der Waals surface area (Å²) in [5.74, 6) is 0. The molecule has 3 heterocycles. The minimum atomic E-state index is -0.268. The molecule has 102 valence electrons. The Balaban J connectivity index is 1.89. The summed E-state index contributed by atoms with van der Waals surface area (Å²) in [4.78, 5) is 8.47. The van der Waals surface area contributed by atoms with Crippen LogP contribution in [0.4, 0.5) is 0 Å². The summed E-state index contributed by atoms with van der Waals surface area (Å²) in [6, 6.07) is 7.77. The maximum Gasteiger partial charge on any atom is 0.204 e. The van der Waals surface area contributed by atoms with Crippen molar-refractivity contribution in [3.8, 4) is 0 Å². The average Bonchev–Trinajstić information content (AvgIpc) is 2.88. The van der Waals surface area contributed by atoms with E-state index in [1.807, 2.05) is 36.4 Å². The van der Waals surface area contributed by atoms with Gasteiger partial charge in [0.25, 0.3) is 0 Å². The molecule has 0 spiro atoms. The highest BCUT2D eigenvalue weighted by Crippen LogP contribution is 2.31. The van der Waals surface area contributed by atoms with Gasteiger partial charge < -0.3 is 0 Å². The average molecular weight is 276 g/mol. The molecule has 4 rings (SSSR count). The number of rotatable bonds is 2. The highest BCUT2D eigenvalue weighted by molar-refractivity contribution is 5.78. The molecule has 0 fully saturated rings. The highest BCUT2D eigenvalue weighted by Gasteiger charge is 2.37. The Morgan fingerprint density at radius 1 is 1.10 bits per heavy atom. The van der Waals surface area contributed by atoms with Gasteiger partial charge in [-0.05, 0) is 36.4 Å². The van der Waals surface area contributed by atoms with Crippen LogP contribution < -0.4 is 10.6 Å². The molecule has 4 nitrogen and oxygen atoms in total. The zero-order valence-corrected chi connectivity index (χ0v) is 11.3. The second-order valence-electron chi connectivity index (χ2n) is 5.24. The number of pyridine rings is 2. The van der Waals surface area contributed by atoms with Crippen LogP contribution in [0.2, 0.25) is 0 Å². The zero-order chi connectivity index (χ0) is 14.3. The van der Waals surface area contributed by atoms with Gasteiger partial charge >= 0.3 is 0 Å². The fourth-order valence-corrected chi connectivity index (χ4v) is 2.90. The van der Waals surface area contributed by atoms with Gasteiger partial charge in [-0.3, -0.25) is 4.98 Å². The smallest absolute Gasteiger partial charge is 0.204 e. The Kier molecular flexibility index (Phi) is 2.60. The van der Waals surface area contributed by atoms with Crippen LogP contribution in [-0.2, 0) is 6.54 Å². The van der Waals surface area contributed by atoms with Crippen molar-refractivity contribution in [2.24, 2.45) is 0 Å². The molecule has 1 aliphatic heterocycles. The molecule has 1 unspecified atom stereocenters. The van der Waals surface area contributed by atoms with Crippen LogP contribution in [0.5, 0.6) is 0 Å². The van der Waals surface area contributed by atoms with Gasteiger partial charge in [-0.25, -0.2) is 10.2 Å². The Bertz CT molecular complexity index is 884. The molecule has 4 heteroatoms. The lowest BCUT2D eigenvalue weighted by Crippen LogP contribution is -2.43. The molecule has 0 saturated heterocycles. The van der Waals surface area contributed by atoms with Gasteiger partial charge in [0, 0.05) is 34.9 Å². The summed E-state index contributed by atoms with van der Waals surface area (Å²) in [6.45, 7) is 0.454. The SMILES string of the molecule is O[N+]1(Cc2ccncc2)C=CC=C2C=c3cccnc3=C21. The number of allylic oxidation sites excluding steroid dienone is 2. The van der Waals surface area contributed by atoms with E-state index >= 15 is 0 Å². The summed E-state index contributed by atoms with van der Waals surface area (Å²) in [7, 11) is 0. The molecule has 1 aliphatic carbocycles. The Labute approximate surface area is 121 Å². The van der Waals surface area contributed by atoms with Crippen LogP contribution in [0.3, 0.4) is 0 Å². The third-order valence-electron chi connectivity index (χ3n) is 3.82. The molecule has 2 aromatic heterocycles. The quantitative estimate of drug-likeness (QED) is 0.839. The molecule has 0 aromatic carbocycles. The monoisotopic (exact) mass is 276 g/mol. The first kappa shape index (κ1) is 12.2. The van der Waals surface area contributed by atoms with Gasteiger partial charge in [0.15, 0.2) is 0 Å². The van der Waals surface area contributed by atoms with Crippen molar-refractivity contribution in [3.63, 3.8) is 0 Å². The van der Waals surface area contributed by atoms with E-state index in [-0.39, 0.29) is 4.65 Å². The summed E-state index contributed by atoms with van der Waals surface area (Å²) in [5, 5.41) is 13.0. The van der Waals surface area contributed by atoms with Gasteiger partial charge in [0.05, 0.1) is 0 Å². The maximum absolute atomic E-state index is 11.1. The summed E-state index contributed by atoms with van der Waals surface area (Å²) in [5.41, 5.74) is 2.88. The molecule has 0 saturated carbocycles. The van der Waals surface area contributed by atoms with E-state index in [4.69, 9.17) is 0 Å². The first-order valence-electron chi connectivity index (χ1n) is 6.83. The second kappa shape index (κ2) is 4.48. The summed E-state index contributed by atoms with van der Waals surface area (Å²) < 4.78 is -0.268. The van der Waals surface area contributed by atoms with Crippen molar-refractivity contribution in [3.05, 3.63) is 82.9 Å². The van der Waals surface area contributed by atoms with E-state index in [9.17, 15) is 5.21 Å². The van der Waals surface area contributed by atoms with Crippen LogP contribution in [0.15, 0.2) is 66.8 Å². The molecule has 0 bridgehead atoms. The summed E-state index contributed by atoms with van der Waals surface area (Å²) >= 11 is 0. The number of quaternary nitrogens is 1. The first-order chi connectivity index (χ1) is 10.3. The third kappa shape index (κ3) is 1.93. The van der Waals surface area contributed by atoms with Crippen molar-refractivity contribution in [1.82, 2.24) is 9.97 Å². The number of aromatic nitrogens is 2. The normalized spacial score (nSPS) is 22.3. The van der Waals surface area contributed by atoms with E-state index < -0.39 is 0 Å². The fraction of sp³-hybridized carbons (Fsp3) is 0.0588. The van der Waals surface area contributed by atoms with E-state index in [1.54, 1.807) is 24.8 Å². The topological polar surface area (TPSA) is 46.0 Å². The zero-order valence-electron chi connectivity index (χ0n) is 11.3. The lowest BCUT2D eigenvalue weighted by molar-refractivity contribution is -1.02. The lowest BCUT2D eigenvalue weighted by Gasteiger charge is -2.29. The molecule has 2 aromatic rings. The largest absolute Gasteiger partial charge is 0.265 e. The molecule has 2 aliphatic rings. The first-order valence-corrected chi connectivity index (χ1v) is 6.83. The number of nitrogens with zero attached hydrogens (tertiary/aromatic N) is 3. The van der Waals surface area contributed by atoms with Crippen molar-refractivity contribution in [2.75, 3.05) is 0 Å². The Morgan fingerprint density at radius 3 is 2.81 bits per heavy atom. The van der Waals surface area contributed by atoms with Crippen LogP contribution in [-0.4, -0.2) is 19.8 Å². The number of hydrogen-bond donors (Lipinski definition) is 1. The van der Waals surface area contributed by atoms with Crippen LogP contribution in [0.25, 0.3) is 11.8 Å². The van der Waals surface area contributed by atoms with Crippen LogP contribution >= 0.6 is 0 Å². The van der Waals surface area contributed by atoms with Crippen molar-refractivity contribution in [2.45, 2.75) is 6.54 Å². The van der Waals surface area contributed by atoms with E-state index in [2.05, 4.69) is 16.0 Å². The lowest BCUT2D eigenvalue weighted by atomic mass is 10.1. The molecule has 1 atom stereocenters. The molecule has 0 amide bonds. The van der Waals surface area contributed by atoms with E-state index in [0.29, 0.717) is 6.54 Å². The fourth-order valence-electron chi connectivity index (χ4n) is 2.90. The Morgan fingerprint density at radius 2 is 1.95 bits per heavy atom. The molecule has 1 N–H and O–H groups in total. The number of hydrogen-bond acceptors (Lipinski definition) is 3. The van der Waals surface area contributed by atoms with Gasteiger partial charge in [0.1, 0.15) is 18.1 Å². The predicted molar refractivity (Wildman–Crippen MR) is 78.6 cm³/mol. The highest BCUT2D eigenvalue weighted by atomic mass is 16.5. The maximum atomic E-state index is 11.1. The molecular formula is C17H14N3O+. The molecule has 21 heavy (non-hydrogen) atoms. The standard InChI is InChI=1S/C17H14N3O/c21-20(12-13-5-8-18-9-6-13)10-2-4-15-11-14-3-1-7-19-16(14)17(15)20/h1-11,21H,12H2/q+1. The van der Waals surface area contributed by atoms with E-state index in [0.717, 1.165) is 27.4 Å². The second-order valence-corrected chi connectivity index (χ2v) is 5.24. The van der Waals surface area contributed by atoms with E-state index in [1.165, 1.54) is 0 Å². The Hall–Kier alpha value is -2.56. The number of hydroxylamine groups is 3. The third-order valence-corrected chi connectivity index (χ3v) is 3.82. The predicted octanol–water partition coefficient (Wildman–Crippen LogP) is 1.24. The summed E-state index contributed by atoms with van der Waals surface area (Å²) in [6.07, 6.45) is 13.0. The van der Waals surface area contributed by atoms with Crippen molar-refractivity contribution < 1.29 is 9.85 Å². The minimum absolute atomic E-state index is 0.268. The minimum Gasteiger partial charge on any atom is -0.265 e. The van der Waals surface area contributed by atoms with Crippen LogP contribution in [0, 0.1) is 0 Å². The molecular weight excluding hydrogens is 262 g/mol. The van der Waals surface area contributed by atoms with Crippen molar-refractivity contribution in [1.29, 1.82) is 0 Å². The molecule has 0 radical (unpaired) electrons. The van der Waals surface area contributed by atoms with Gasteiger partial charge in [0.2, 0.25) is 5.70 Å². The van der Waals surface area contributed by atoms with Gasteiger partial charge in [-0.1, -0.05) is 6.07 Å².